The SMILES string of the molecule is Nc1ccc(NC2CCN(C(=O)CCN3CCC(c4ccc(C(F)(F)F)cc4)CC3)CC2)cc1C(F)(F)F. The molecular formula is C27H32F6N4O. The third kappa shape index (κ3) is 7.12. The van der Waals surface area contributed by atoms with E-state index in [1.54, 1.807) is 17.0 Å². The first-order valence-electron chi connectivity index (χ1n) is 12.8. The Labute approximate surface area is 218 Å². The largest absolute Gasteiger partial charge is 0.418 e. The van der Waals surface area contributed by atoms with Crippen molar-refractivity contribution in [3.63, 3.8) is 0 Å². The molecule has 2 aliphatic heterocycles. The van der Waals surface area contributed by atoms with Crippen molar-refractivity contribution in [2.75, 3.05) is 43.8 Å². The molecule has 0 atom stereocenters. The Morgan fingerprint density at radius 3 is 2.08 bits per heavy atom. The molecule has 38 heavy (non-hydrogen) atoms. The summed E-state index contributed by atoms with van der Waals surface area (Å²) in [6.07, 6.45) is -5.54. The van der Waals surface area contributed by atoms with Crippen molar-refractivity contribution in [1.29, 1.82) is 0 Å². The highest BCUT2D eigenvalue weighted by atomic mass is 19.4. The molecule has 0 aromatic heterocycles. The van der Waals surface area contributed by atoms with Crippen LogP contribution >= 0.6 is 0 Å². The van der Waals surface area contributed by atoms with Gasteiger partial charge in [-0.25, -0.2) is 0 Å². The van der Waals surface area contributed by atoms with Gasteiger partial charge in [-0.3, -0.25) is 4.79 Å². The van der Waals surface area contributed by atoms with E-state index in [1.165, 1.54) is 12.1 Å². The second-order valence-corrected chi connectivity index (χ2v) is 10.1. The molecule has 0 aliphatic carbocycles. The van der Waals surface area contributed by atoms with Crippen molar-refractivity contribution < 1.29 is 31.1 Å². The third-order valence-corrected chi connectivity index (χ3v) is 7.52. The molecule has 5 nitrogen and oxygen atoms in total. The maximum atomic E-state index is 13.1. The lowest BCUT2D eigenvalue weighted by Crippen LogP contribution is -2.43. The maximum Gasteiger partial charge on any atom is 0.418 e. The topological polar surface area (TPSA) is 61.6 Å². The molecule has 0 spiro atoms. The van der Waals surface area contributed by atoms with E-state index in [2.05, 4.69) is 10.2 Å². The highest BCUT2D eigenvalue weighted by Gasteiger charge is 2.34. The molecule has 2 aliphatic rings. The average Bonchev–Trinajstić information content (AvgIpc) is 2.88. The Kier molecular flexibility index (Phi) is 8.44. The third-order valence-electron chi connectivity index (χ3n) is 7.52. The molecule has 208 valence electrons. The molecular weight excluding hydrogens is 510 g/mol. The fraction of sp³-hybridized carbons (Fsp3) is 0.519. The number of nitrogens with two attached hydrogens (primary N) is 1. The summed E-state index contributed by atoms with van der Waals surface area (Å²) in [6.45, 7) is 3.27. The molecule has 0 unspecified atom stereocenters. The molecule has 2 saturated heterocycles. The van der Waals surface area contributed by atoms with Crippen LogP contribution in [0.5, 0.6) is 0 Å². The number of amides is 1. The van der Waals surface area contributed by atoms with Crippen LogP contribution in [0.25, 0.3) is 0 Å². The zero-order valence-corrected chi connectivity index (χ0v) is 20.9. The Bertz CT molecular complexity index is 1090. The maximum absolute atomic E-state index is 13.1. The quantitative estimate of drug-likeness (QED) is 0.348. The van der Waals surface area contributed by atoms with Crippen LogP contribution in [0.3, 0.4) is 0 Å². The Morgan fingerprint density at radius 1 is 0.868 bits per heavy atom. The molecule has 4 rings (SSSR count). The highest BCUT2D eigenvalue weighted by Crippen LogP contribution is 2.36. The van der Waals surface area contributed by atoms with Crippen molar-refractivity contribution >= 4 is 17.3 Å². The van der Waals surface area contributed by atoms with Crippen LogP contribution in [0, 0.1) is 0 Å². The molecule has 11 heteroatoms. The van der Waals surface area contributed by atoms with Crippen molar-refractivity contribution in [2.24, 2.45) is 0 Å². The number of hydrogen-bond donors (Lipinski definition) is 2. The highest BCUT2D eigenvalue weighted by molar-refractivity contribution is 5.76. The van der Waals surface area contributed by atoms with Crippen molar-refractivity contribution in [3.8, 4) is 0 Å². The number of halogens is 6. The fourth-order valence-electron chi connectivity index (χ4n) is 5.25. The minimum Gasteiger partial charge on any atom is -0.398 e. The molecule has 0 radical (unpaired) electrons. The second-order valence-electron chi connectivity index (χ2n) is 10.1. The van der Waals surface area contributed by atoms with Crippen LogP contribution in [0.2, 0.25) is 0 Å². The van der Waals surface area contributed by atoms with Gasteiger partial charge in [0.15, 0.2) is 0 Å². The summed E-state index contributed by atoms with van der Waals surface area (Å²) in [7, 11) is 0. The molecule has 0 saturated carbocycles. The van der Waals surface area contributed by atoms with Crippen LogP contribution in [-0.4, -0.2) is 54.5 Å². The second kappa shape index (κ2) is 11.4. The fourth-order valence-corrected chi connectivity index (χ4v) is 5.25. The Morgan fingerprint density at radius 2 is 1.50 bits per heavy atom. The van der Waals surface area contributed by atoms with Crippen LogP contribution < -0.4 is 11.1 Å². The summed E-state index contributed by atoms with van der Waals surface area (Å²) in [4.78, 5) is 16.8. The summed E-state index contributed by atoms with van der Waals surface area (Å²) >= 11 is 0. The molecule has 2 fully saturated rings. The number of piperidine rings is 2. The van der Waals surface area contributed by atoms with Gasteiger partial charge >= 0.3 is 12.4 Å². The van der Waals surface area contributed by atoms with E-state index in [0.29, 0.717) is 44.6 Å². The predicted octanol–water partition coefficient (Wildman–Crippen LogP) is 5.98. The van der Waals surface area contributed by atoms with Crippen LogP contribution in [0.15, 0.2) is 42.5 Å². The molecule has 2 heterocycles. The van der Waals surface area contributed by atoms with Crippen molar-refractivity contribution in [2.45, 2.75) is 56.4 Å². The molecule has 1 amide bonds. The smallest absolute Gasteiger partial charge is 0.398 e. The number of nitrogens with zero attached hydrogens (tertiary/aromatic N) is 2. The molecule has 2 aromatic rings. The zero-order chi connectivity index (χ0) is 27.5. The van der Waals surface area contributed by atoms with Gasteiger partial charge < -0.3 is 20.9 Å². The summed E-state index contributed by atoms with van der Waals surface area (Å²) < 4.78 is 77.7. The number of likely N-dealkylation sites (tertiary alicyclic amines) is 2. The first kappa shape index (κ1) is 28.1. The lowest BCUT2D eigenvalue weighted by molar-refractivity contribution is -0.138. The van der Waals surface area contributed by atoms with Crippen LogP contribution in [0.4, 0.5) is 37.7 Å². The van der Waals surface area contributed by atoms with Gasteiger partial charge in [0.2, 0.25) is 5.91 Å². The number of anilines is 2. The average molecular weight is 543 g/mol. The predicted molar refractivity (Wildman–Crippen MR) is 134 cm³/mol. The number of rotatable bonds is 6. The van der Waals surface area contributed by atoms with Gasteiger partial charge in [-0.05, 0) is 80.6 Å². The van der Waals surface area contributed by atoms with Crippen molar-refractivity contribution in [1.82, 2.24) is 9.80 Å². The summed E-state index contributed by atoms with van der Waals surface area (Å²) in [6, 6.07) is 9.16. The number of carbonyl (C=O) groups is 1. The number of carbonyl (C=O) groups excluding carboxylic acids is 1. The van der Waals surface area contributed by atoms with E-state index in [4.69, 9.17) is 5.73 Å². The van der Waals surface area contributed by atoms with Gasteiger partial charge in [-0.2, -0.15) is 26.3 Å². The minimum absolute atomic E-state index is 0.0343. The summed E-state index contributed by atoms with van der Waals surface area (Å²) in [5.74, 6) is 0.268. The van der Waals surface area contributed by atoms with Gasteiger partial charge in [-0.1, -0.05) is 12.1 Å². The van der Waals surface area contributed by atoms with Gasteiger partial charge in [0, 0.05) is 43.5 Å². The van der Waals surface area contributed by atoms with Gasteiger partial charge in [0.05, 0.1) is 11.1 Å². The van der Waals surface area contributed by atoms with Crippen LogP contribution in [-0.2, 0) is 17.1 Å². The number of nitrogens with one attached hydrogen (secondary N) is 1. The van der Waals surface area contributed by atoms with Crippen LogP contribution in [0.1, 0.15) is 54.7 Å². The number of hydrogen-bond acceptors (Lipinski definition) is 4. The van der Waals surface area contributed by atoms with E-state index < -0.39 is 23.5 Å². The first-order valence-corrected chi connectivity index (χ1v) is 12.8. The number of nitrogen functional groups attached to an aromatic ring is 1. The van der Waals surface area contributed by atoms with Gasteiger partial charge in [0.25, 0.3) is 0 Å². The van der Waals surface area contributed by atoms with Crippen molar-refractivity contribution in [3.05, 3.63) is 59.2 Å². The molecule has 3 N–H and O–H groups in total. The molecule has 0 bridgehead atoms. The van der Waals surface area contributed by atoms with E-state index in [9.17, 15) is 31.1 Å². The van der Waals surface area contributed by atoms with Gasteiger partial charge in [0.1, 0.15) is 0 Å². The lowest BCUT2D eigenvalue weighted by atomic mass is 9.89. The Hall–Kier alpha value is -2.95. The zero-order valence-electron chi connectivity index (χ0n) is 20.9. The first-order chi connectivity index (χ1) is 17.9. The lowest BCUT2D eigenvalue weighted by Gasteiger charge is -2.35. The monoisotopic (exact) mass is 542 g/mol. The number of benzene rings is 2. The number of alkyl halides is 6. The summed E-state index contributed by atoms with van der Waals surface area (Å²) in [5.41, 5.74) is 4.92. The standard InChI is InChI=1S/C27H32F6N4O/c28-26(29,30)20-3-1-18(2-4-20)19-7-12-36(13-8-19)14-11-25(38)37-15-9-21(10-16-37)35-22-5-6-24(34)23(17-22)27(31,32)33/h1-6,17,19,21,35H,7-16,34H2. The minimum atomic E-state index is -4.52. The van der Waals surface area contributed by atoms with E-state index in [1.807, 2.05) is 0 Å². The summed E-state index contributed by atoms with van der Waals surface area (Å²) in [5, 5.41) is 3.13. The van der Waals surface area contributed by atoms with E-state index in [0.717, 1.165) is 49.7 Å². The van der Waals surface area contributed by atoms with Gasteiger partial charge in [-0.15, -0.1) is 0 Å². The Balaban J connectivity index is 1.17. The molecule has 2 aromatic carbocycles. The normalized spacial score (nSPS) is 18.5. The van der Waals surface area contributed by atoms with E-state index in [-0.39, 0.29) is 23.6 Å². The van der Waals surface area contributed by atoms with E-state index >= 15 is 0 Å².